The van der Waals surface area contributed by atoms with Crippen molar-refractivity contribution in [2.24, 2.45) is 0 Å². The molecule has 0 radical (unpaired) electrons. The Labute approximate surface area is 168 Å². The minimum absolute atomic E-state index is 0.0195. The lowest BCUT2D eigenvalue weighted by molar-refractivity contribution is -0.138. The lowest BCUT2D eigenvalue weighted by Crippen LogP contribution is -2.41. The van der Waals surface area contributed by atoms with E-state index in [0.29, 0.717) is 5.69 Å². The van der Waals surface area contributed by atoms with Gasteiger partial charge >= 0.3 is 12.2 Å². The maximum absolute atomic E-state index is 13.0. The molecule has 3 rings (SSSR count). The van der Waals surface area contributed by atoms with Crippen LogP contribution in [0.25, 0.3) is 0 Å². The second-order valence-corrected chi connectivity index (χ2v) is 6.90. The third kappa shape index (κ3) is 4.27. The molecule has 1 atom stereocenters. The van der Waals surface area contributed by atoms with Crippen LogP contribution in [0.1, 0.15) is 24.5 Å². The SMILES string of the molecule is CC1(c2cccc(C(F)(F)F)c2)NC(=O)N(CCC(=O)Nc2ccc(F)cc2)C1=O. The number of hydrogen-bond acceptors (Lipinski definition) is 3. The van der Waals surface area contributed by atoms with Gasteiger partial charge in [0.05, 0.1) is 5.56 Å². The number of amides is 4. The third-order valence-corrected chi connectivity index (χ3v) is 4.73. The fourth-order valence-electron chi connectivity index (χ4n) is 3.07. The summed E-state index contributed by atoms with van der Waals surface area (Å²) in [7, 11) is 0. The summed E-state index contributed by atoms with van der Waals surface area (Å²) >= 11 is 0. The molecule has 10 heteroatoms. The molecule has 0 spiro atoms. The summed E-state index contributed by atoms with van der Waals surface area (Å²) in [5.41, 5.74) is -2.31. The lowest BCUT2D eigenvalue weighted by atomic mass is 9.90. The lowest BCUT2D eigenvalue weighted by Gasteiger charge is -2.23. The van der Waals surface area contributed by atoms with Crippen molar-refractivity contribution in [2.45, 2.75) is 25.1 Å². The molecule has 1 heterocycles. The van der Waals surface area contributed by atoms with Crippen molar-refractivity contribution in [3.8, 4) is 0 Å². The average molecular weight is 423 g/mol. The van der Waals surface area contributed by atoms with Gasteiger partial charge in [0.25, 0.3) is 5.91 Å². The maximum Gasteiger partial charge on any atom is 0.416 e. The minimum Gasteiger partial charge on any atom is -0.326 e. The summed E-state index contributed by atoms with van der Waals surface area (Å²) in [6.07, 6.45) is -4.84. The highest BCUT2D eigenvalue weighted by Gasteiger charge is 2.49. The molecule has 0 bridgehead atoms. The molecule has 1 aliphatic heterocycles. The molecule has 30 heavy (non-hydrogen) atoms. The van der Waals surface area contributed by atoms with Crippen LogP contribution in [-0.2, 0) is 21.3 Å². The average Bonchev–Trinajstić information content (AvgIpc) is 2.91. The third-order valence-electron chi connectivity index (χ3n) is 4.73. The van der Waals surface area contributed by atoms with Gasteiger partial charge in [-0.05, 0) is 48.9 Å². The Bertz CT molecular complexity index is 992. The summed E-state index contributed by atoms with van der Waals surface area (Å²) in [5.74, 6) is -1.75. The molecule has 2 aromatic rings. The van der Waals surface area contributed by atoms with E-state index < -0.39 is 40.9 Å². The van der Waals surface area contributed by atoms with Crippen LogP contribution in [0.5, 0.6) is 0 Å². The zero-order valence-corrected chi connectivity index (χ0v) is 15.7. The minimum atomic E-state index is -4.60. The molecule has 1 fully saturated rings. The van der Waals surface area contributed by atoms with E-state index in [1.807, 2.05) is 0 Å². The zero-order valence-electron chi connectivity index (χ0n) is 15.7. The predicted molar refractivity (Wildman–Crippen MR) is 98.7 cm³/mol. The Balaban J connectivity index is 1.70. The molecule has 0 aromatic heterocycles. The van der Waals surface area contributed by atoms with Crippen LogP contribution in [0, 0.1) is 5.82 Å². The second kappa shape index (κ2) is 7.77. The first-order valence-electron chi connectivity index (χ1n) is 8.88. The molecule has 1 unspecified atom stereocenters. The van der Waals surface area contributed by atoms with Crippen LogP contribution in [0.2, 0.25) is 0 Å². The number of anilines is 1. The normalized spacial score (nSPS) is 19.0. The first kappa shape index (κ1) is 21.3. The highest BCUT2D eigenvalue weighted by Crippen LogP contribution is 2.34. The fraction of sp³-hybridized carbons (Fsp3) is 0.250. The standard InChI is InChI=1S/C20H17F4N3O3/c1-19(12-3-2-4-13(11-12)20(22,23)24)17(29)27(18(30)26-19)10-9-16(28)25-15-7-5-14(21)6-8-15/h2-8,11H,9-10H2,1H3,(H,25,28)(H,26,30). The number of nitrogens with zero attached hydrogens (tertiary/aromatic N) is 1. The summed E-state index contributed by atoms with van der Waals surface area (Å²) in [4.78, 5) is 37.9. The van der Waals surface area contributed by atoms with Crippen molar-refractivity contribution < 1.29 is 31.9 Å². The van der Waals surface area contributed by atoms with Crippen LogP contribution >= 0.6 is 0 Å². The molecule has 0 aliphatic carbocycles. The quantitative estimate of drug-likeness (QED) is 0.569. The van der Waals surface area contributed by atoms with Crippen LogP contribution in [0.4, 0.5) is 28.0 Å². The van der Waals surface area contributed by atoms with Crippen LogP contribution in [0.3, 0.4) is 0 Å². The van der Waals surface area contributed by atoms with Crippen molar-refractivity contribution in [1.82, 2.24) is 10.2 Å². The van der Waals surface area contributed by atoms with Crippen molar-refractivity contribution in [2.75, 3.05) is 11.9 Å². The summed E-state index contributed by atoms with van der Waals surface area (Å²) in [6.45, 7) is 1.04. The largest absolute Gasteiger partial charge is 0.416 e. The molecular formula is C20H17F4N3O3. The van der Waals surface area contributed by atoms with E-state index in [2.05, 4.69) is 10.6 Å². The highest BCUT2D eigenvalue weighted by atomic mass is 19.4. The Morgan fingerprint density at radius 3 is 2.43 bits per heavy atom. The van der Waals surface area contributed by atoms with Crippen molar-refractivity contribution >= 4 is 23.5 Å². The van der Waals surface area contributed by atoms with E-state index in [4.69, 9.17) is 0 Å². The predicted octanol–water partition coefficient (Wildman–Crippen LogP) is 3.64. The van der Waals surface area contributed by atoms with E-state index >= 15 is 0 Å². The number of carbonyl (C=O) groups excluding carboxylic acids is 3. The van der Waals surface area contributed by atoms with Gasteiger partial charge in [-0.2, -0.15) is 13.2 Å². The van der Waals surface area contributed by atoms with Crippen LogP contribution in [0.15, 0.2) is 48.5 Å². The number of imide groups is 1. The number of urea groups is 1. The first-order chi connectivity index (χ1) is 14.0. The number of benzene rings is 2. The highest BCUT2D eigenvalue weighted by molar-refractivity contribution is 6.07. The number of alkyl halides is 3. The number of halogens is 4. The summed E-state index contributed by atoms with van der Waals surface area (Å²) in [6, 6.07) is 8.36. The Morgan fingerprint density at radius 1 is 1.13 bits per heavy atom. The molecule has 158 valence electrons. The molecule has 4 amide bonds. The van der Waals surface area contributed by atoms with Gasteiger partial charge in [0, 0.05) is 18.7 Å². The zero-order chi connectivity index (χ0) is 22.1. The molecule has 0 saturated carbocycles. The van der Waals surface area contributed by atoms with Crippen molar-refractivity contribution in [1.29, 1.82) is 0 Å². The number of nitrogens with one attached hydrogen (secondary N) is 2. The smallest absolute Gasteiger partial charge is 0.326 e. The van der Waals surface area contributed by atoms with Gasteiger partial charge in [0.2, 0.25) is 5.91 Å². The molecule has 1 aliphatic rings. The van der Waals surface area contributed by atoms with Gasteiger partial charge in [0.1, 0.15) is 11.4 Å². The van der Waals surface area contributed by atoms with Gasteiger partial charge in [-0.25, -0.2) is 9.18 Å². The van der Waals surface area contributed by atoms with Gasteiger partial charge < -0.3 is 10.6 Å². The topological polar surface area (TPSA) is 78.5 Å². The molecular weight excluding hydrogens is 406 g/mol. The van der Waals surface area contributed by atoms with Gasteiger partial charge in [0.15, 0.2) is 0 Å². The first-order valence-corrected chi connectivity index (χ1v) is 8.88. The van der Waals surface area contributed by atoms with Gasteiger partial charge in [-0.3, -0.25) is 14.5 Å². The number of carbonyl (C=O) groups is 3. The maximum atomic E-state index is 13.0. The van der Waals surface area contributed by atoms with E-state index in [1.165, 1.54) is 25.1 Å². The Hall–Kier alpha value is -3.43. The molecule has 6 nitrogen and oxygen atoms in total. The van der Waals surface area contributed by atoms with E-state index in [1.54, 1.807) is 0 Å². The van der Waals surface area contributed by atoms with E-state index in [9.17, 15) is 31.9 Å². The molecule has 2 N–H and O–H groups in total. The van der Waals surface area contributed by atoms with Crippen molar-refractivity contribution in [3.63, 3.8) is 0 Å². The number of hydrogen-bond donors (Lipinski definition) is 2. The number of rotatable bonds is 5. The van der Waals surface area contributed by atoms with Gasteiger partial charge in [-0.1, -0.05) is 12.1 Å². The monoisotopic (exact) mass is 423 g/mol. The molecule has 2 aromatic carbocycles. The summed E-state index contributed by atoms with van der Waals surface area (Å²) in [5, 5.41) is 4.90. The summed E-state index contributed by atoms with van der Waals surface area (Å²) < 4.78 is 51.9. The van der Waals surface area contributed by atoms with E-state index in [-0.39, 0.29) is 18.5 Å². The van der Waals surface area contributed by atoms with Crippen LogP contribution in [-0.4, -0.2) is 29.3 Å². The fourth-order valence-corrected chi connectivity index (χ4v) is 3.07. The van der Waals surface area contributed by atoms with Crippen LogP contribution < -0.4 is 10.6 Å². The second-order valence-electron chi connectivity index (χ2n) is 6.90. The van der Waals surface area contributed by atoms with E-state index in [0.717, 1.165) is 35.2 Å². The Kier molecular flexibility index (Phi) is 5.51. The van der Waals surface area contributed by atoms with Crippen molar-refractivity contribution in [3.05, 3.63) is 65.5 Å². The molecule has 1 saturated heterocycles. The van der Waals surface area contributed by atoms with Gasteiger partial charge in [-0.15, -0.1) is 0 Å². The Morgan fingerprint density at radius 2 is 1.80 bits per heavy atom.